The Hall–Kier alpha value is -2.02. The van der Waals surface area contributed by atoms with Gasteiger partial charge in [-0.2, -0.15) is 13.2 Å². The van der Waals surface area contributed by atoms with Gasteiger partial charge in [0.25, 0.3) is 0 Å². The number of hydrogen-bond acceptors (Lipinski definition) is 4. The first-order valence-electron chi connectivity index (χ1n) is 4.95. The molecule has 1 N–H and O–H groups in total. The van der Waals surface area contributed by atoms with E-state index in [0.717, 1.165) is 0 Å². The fourth-order valence-corrected chi connectivity index (χ4v) is 1.66. The summed E-state index contributed by atoms with van der Waals surface area (Å²) in [5.74, 6) is -0.824. The Morgan fingerprint density at radius 1 is 1.26 bits per heavy atom. The van der Waals surface area contributed by atoms with Crippen LogP contribution in [0, 0.1) is 0 Å². The number of rotatable bonds is 2. The van der Waals surface area contributed by atoms with Crippen LogP contribution in [0.1, 0.15) is 11.3 Å². The van der Waals surface area contributed by atoms with E-state index in [1.165, 1.54) is 12.1 Å². The number of nitrogens with zero attached hydrogens (tertiary/aromatic N) is 2. The number of benzene rings is 1. The summed E-state index contributed by atoms with van der Waals surface area (Å²) in [6.45, 7) is 0. The van der Waals surface area contributed by atoms with E-state index in [2.05, 4.69) is 14.8 Å². The number of aromatic nitrogens is 1. The average molecular weight is 291 g/mol. The summed E-state index contributed by atoms with van der Waals surface area (Å²) in [7, 11) is 0. The van der Waals surface area contributed by atoms with Crippen LogP contribution in [0.2, 0.25) is 0 Å². The Bertz CT molecular complexity index is 608. The lowest BCUT2D eigenvalue weighted by molar-refractivity contribution is -0.137. The highest BCUT2D eigenvalue weighted by Gasteiger charge is 2.42. The third kappa shape index (κ3) is 2.55. The van der Waals surface area contributed by atoms with Gasteiger partial charge in [-0.15, -0.1) is 0 Å². The second kappa shape index (κ2) is 4.93. The highest BCUT2D eigenvalue weighted by atomic mass is 35.5. The van der Waals surface area contributed by atoms with Crippen LogP contribution in [-0.2, 0) is 6.18 Å². The summed E-state index contributed by atoms with van der Waals surface area (Å²) in [4.78, 5) is 0. The number of hydrogen-bond donors (Lipinski definition) is 1. The van der Waals surface area contributed by atoms with Crippen LogP contribution in [0.3, 0.4) is 0 Å². The van der Waals surface area contributed by atoms with Crippen LogP contribution < -0.4 is 0 Å². The van der Waals surface area contributed by atoms with Gasteiger partial charge >= 0.3 is 6.18 Å². The molecule has 0 saturated heterocycles. The van der Waals surface area contributed by atoms with Gasteiger partial charge in [-0.05, 0) is 0 Å². The Kier molecular flexibility index (Phi) is 3.48. The van der Waals surface area contributed by atoms with Gasteiger partial charge in [0.2, 0.25) is 10.9 Å². The van der Waals surface area contributed by atoms with Crippen molar-refractivity contribution in [3.8, 4) is 11.3 Å². The number of alkyl halides is 3. The third-order valence-corrected chi connectivity index (χ3v) is 2.55. The molecule has 1 aromatic carbocycles. The second-order valence-corrected chi connectivity index (χ2v) is 3.85. The molecule has 1 heterocycles. The first-order valence-corrected chi connectivity index (χ1v) is 5.33. The Morgan fingerprint density at radius 3 is 2.42 bits per heavy atom. The highest BCUT2D eigenvalue weighted by molar-refractivity contribution is 6.69. The molecule has 2 aromatic rings. The van der Waals surface area contributed by atoms with Gasteiger partial charge in [-0.1, -0.05) is 52.2 Å². The maximum absolute atomic E-state index is 13.0. The lowest BCUT2D eigenvalue weighted by Crippen LogP contribution is -2.10. The molecule has 0 aliphatic heterocycles. The Balaban J connectivity index is 2.67. The molecular weight excluding hydrogens is 285 g/mol. The van der Waals surface area contributed by atoms with Crippen LogP contribution in [0.4, 0.5) is 13.2 Å². The molecule has 0 atom stereocenters. The lowest BCUT2D eigenvalue weighted by Gasteiger charge is -2.07. The van der Waals surface area contributed by atoms with Gasteiger partial charge in [-0.25, -0.2) is 0 Å². The molecule has 4 nitrogen and oxygen atoms in total. The molecule has 0 saturated carbocycles. The van der Waals surface area contributed by atoms with E-state index in [1.54, 1.807) is 18.2 Å². The molecule has 1 aromatic heterocycles. The Morgan fingerprint density at radius 2 is 1.89 bits per heavy atom. The maximum atomic E-state index is 13.0. The fraction of sp³-hybridized carbons (Fsp3) is 0.0909. The van der Waals surface area contributed by atoms with Crippen LogP contribution in [0.5, 0.6) is 0 Å². The minimum Gasteiger partial charge on any atom is -0.410 e. The second-order valence-electron chi connectivity index (χ2n) is 3.49. The van der Waals surface area contributed by atoms with Gasteiger partial charge in [0, 0.05) is 5.56 Å². The van der Waals surface area contributed by atoms with Gasteiger partial charge < -0.3 is 9.73 Å². The van der Waals surface area contributed by atoms with Gasteiger partial charge in [0.1, 0.15) is 11.3 Å². The molecule has 0 amide bonds. The first kappa shape index (κ1) is 13.4. The monoisotopic (exact) mass is 290 g/mol. The van der Waals surface area contributed by atoms with Crippen LogP contribution in [0.25, 0.3) is 11.3 Å². The maximum Gasteiger partial charge on any atom is 0.422 e. The summed E-state index contributed by atoms with van der Waals surface area (Å²) in [6.07, 6.45) is -4.74. The predicted molar refractivity (Wildman–Crippen MR) is 61.1 cm³/mol. The quantitative estimate of drug-likeness (QED) is 0.521. The number of oxime groups is 1. The summed E-state index contributed by atoms with van der Waals surface area (Å²) in [5, 5.41) is 13.5. The molecule has 0 spiro atoms. The molecule has 0 bridgehead atoms. The van der Waals surface area contributed by atoms with E-state index >= 15 is 0 Å². The van der Waals surface area contributed by atoms with Crippen molar-refractivity contribution in [2.75, 3.05) is 0 Å². The molecule has 0 unspecified atom stereocenters. The zero-order chi connectivity index (χ0) is 14.0. The van der Waals surface area contributed by atoms with Crippen molar-refractivity contribution in [2.45, 2.75) is 6.18 Å². The molecule has 0 fully saturated rings. The Labute approximate surface area is 110 Å². The predicted octanol–water partition coefficient (Wildman–Crippen LogP) is 3.74. The summed E-state index contributed by atoms with van der Waals surface area (Å²) in [5.41, 5.74) is -1.38. The largest absolute Gasteiger partial charge is 0.422 e. The lowest BCUT2D eigenvalue weighted by atomic mass is 10.1. The van der Waals surface area contributed by atoms with Crippen molar-refractivity contribution in [3.05, 3.63) is 41.7 Å². The third-order valence-electron chi connectivity index (χ3n) is 2.30. The van der Waals surface area contributed by atoms with Crippen LogP contribution in [0.15, 0.2) is 40.0 Å². The SMILES string of the molecule is O/N=C(\Cl)c1onc(-c2ccccc2)c1C(F)(F)F. The van der Waals surface area contributed by atoms with Crippen LogP contribution >= 0.6 is 11.6 Å². The van der Waals surface area contributed by atoms with E-state index in [9.17, 15) is 13.2 Å². The van der Waals surface area contributed by atoms with Crippen LogP contribution in [-0.4, -0.2) is 15.5 Å². The summed E-state index contributed by atoms with van der Waals surface area (Å²) in [6, 6.07) is 7.67. The average Bonchev–Trinajstić information content (AvgIpc) is 2.83. The number of halogens is 4. The topological polar surface area (TPSA) is 58.6 Å². The van der Waals surface area contributed by atoms with Crippen molar-refractivity contribution in [2.24, 2.45) is 5.16 Å². The van der Waals surface area contributed by atoms with Gasteiger partial charge in [0.05, 0.1) is 0 Å². The molecule has 0 radical (unpaired) electrons. The smallest absolute Gasteiger partial charge is 0.410 e. The molecule has 19 heavy (non-hydrogen) atoms. The molecule has 8 heteroatoms. The van der Waals surface area contributed by atoms with E-state index in [0.29, 0.717) is 0 Å². The van der Waals surface area contributed by atoms with Gasteiger partial charge in [-0.3, -0.25) is 0 Å². The molecular formula is C11H6ClF3N2O2. The molecule has 0 aliphatic carbocycles. The van der Waals surface area contributed by atoms with Crippen molar-refractivity contribution < 1.29 is 22.9 Å². The minimum atomic E-state index is -4.74. The standard InChI is InChI=1S/C11H6ClF3N2O2/c12-10(16-18)9-7(11(13,14)15)8(17-19-9)6-4-2-1-3-5-6/h1-5,18H/b16-10-. The summed E-state index contributed by atoms with van der Waals surface area (Å²) >= 11 is 5.37. The van der Waals surface area contributed by atoms with Gasteiger partial charge in [0.15, 0.2) is 0 Å². The molecule has 2 rings (SSSR count). The first-order chi connectivity index (χ1) is 8.95. The summed E-state index contributed by atoms with van der Waals surface area (Å²) < 4.78 is 43.6. The normalized spacial score (nSPS) is 12.7. The van der Waals surface area contributed by atoms with Crippen molar-refractivity contribution in [1.82, 2.24) is 5.16 Å². The van der Waals surface area contributed by atoms with E-state index in [4.69, 9.17) is 16.8 Å². The zero-order valence-electron chi connectivity index (χ0n) is 9.15. The van der Waals surface area contributed by atoms with Crippen molar-refractivity contribution >= 4 is 16.8 Å². The molecule has 100 valence electrons. The van der Waals surface area contributed by atoms with E-state index < -0.39 is 28.4 Å². The molecule has 0 aliphatic rings. The van der Waals surface area contributed by atoms with E-state index in [1.807, 2.05) is 0 Å². The fourth-order valence-electron chi connectivity index (χ4n) is 1.53. The van der Waals surface area contributed by atoms with E-state index in [-0.39, 0.29) is 5.56 Å². The van der Waals surface area contributed by atoms with Crippen molar-refractivity contribution in [1.29, 1.82) is 0 Å². The highest BCUT2D eigenvalue weighted by Crippen LogP contribution is 2.39. The van der Waals surface area contributed by atoms with Crippen molar-refractivity contribution in [3.63, 3.8) is 0 Å². The zero-order valence-corrected chi connectivity index (χ0v) is 9.90. The minimum absolute atomic E-state index is 0.215.